The quantitative estimate of drug-likeness (QED) is 0.0949. The Morgan fingerprint density at radius 1 is 0.759 bits per heavy atom. The highest BCUT2D eigenvalue weighted by Crippen LogP contribution is 2.36. The normalized spacial score (nSPS) is 14.3. The van der Waals surface area contributed by atoms with E-state index in [4.69, 9.17) is 4.98 Å². The smallest absolute Gasteiger partial charge is 0.271 e. The minimum atomic E-state index is -0.430. The number of carbonyl (C=O) groups is 5. The fourth-order valence-electron chi connectivity index (χ4n) is 10.5. The Labute approximate surface area is 456 Å². The number of fused-ring (bicyclic) bond motifs is 3. The van der Waals surface area contributed by atoms with Crippen molar-refractivity contribution < 1.29 is 28.4 Å². The van der Waals surface area contributed by atoms with E-state index in [0.717, 1.165) is 69.7 Å². The number of amides is 4. The Kier molecular flexibility index (Phi) is 15.6. The van der Waals surface area contributed by atoms with Gasteiger partial charge in [0.25, 0.3) is 11.8 Å². The summed E-state index contributed by atoms with van der Waals surface area (Å²) >= 11 is 0. The van der Waals surface area contributed by atoms with Crippen molar-refractivity contribution in [3.05, 3.63) is 142 Å². The summed E-state index contributed by atoms with van der Waals surface area (Å²) in [4.78, 5) is 86.6. The van der Waals surface area contributed by atoms with Gasteiger partial charge in [-0.3, -0.25) is 43.0 Å². The Morgan fingerprint density at radius 2 is 1.51 bits per heavy atom. The molecule has 0 atom stereocenters. The molecule has 0 saturated heterocycles. The number of hydrogen-bond acceptors (Lipinski definition) is 11. The Balaban J connectivity index is 0.000000186. The number of aromatic nitrogens is 11. The van der Waals surface area contributed by atoms with Crippen molar-refractivity contribution >= 4 is 62.5 Å². The van der Waals surface area contributed by atoms with E-state index in [-0.39, 0.29) is 41.3 Å². The van der Waals surface area contributed by atoms with Crippen molar-refractivity contribution in [2.45, 2.75) is 98.9 Å². The lowest BCUT2D eigenvalue weighted by Gasteiger charge is -2.28. The molecule has 0 aliphatic carbocycles. The van der Waals surface area contributed by atoms with Gasteiger partial charge in [0.2, 0.25) is 11.8 Å². The second kappa shape index (κ2) is 23.0. The number of rotatable bonds is 15. The first kappa shape index (κ1) is 53.5. The maximum Gasteiger partial charge on any atom is 0.271 e. The Morgan fingerprint density at radius 3 is 2.22 bits per heavy atom. The van der Waals surface area contributed by atoms with Gasteiger partial charge in [-0.15, -0.1) is 5.10 Å². The molecule has 7 aromatic heterocycles. The van der Waals surface area contributed by atoms with Crippen LogP contribution < -0.4 is 0 Å². The van der Waals surface area contributed by atoms with Crippen LogP contribution in [0.3, 0.4) is 0 Å². The van der Waals surface area contributed by atoms with Gasteiger partial charge >= 0.3 is 0 Å². The number of H-pyrrole nitrogens is 2. The largest absolute Gasteiger partial charge is 0.348 e. The number of halogens is 1. The van der Waals surface area contributed by atoms with Crippen molar-refractivity contribution in [3.63, 3.8) is 0 Å². The first-order chi connectivity index (χ1) is 38.2. The molecule has 0 saturated carbocycles. The molecule has 8 aromatic rings. The van der Waals surface area contributed by atoms with Gasteiger partial charge in [-0.05, 0) is 85.7 Å². The summed E-state index contributed by atoms with van der Waals surface area (Å²) in [7, 11) is 3.29. The van der Waals surface area contributed by atoms with Crippen LogP contribution in [-0.4, -0.2) is 144 Å². The van der Waals surface area contributed by atoms with Crippen molar-refractivity contribution in [2.24, 2.45) is 0 Å². The standard InChI is InChI=1S/C33H36N10O2.C25H28FN5O3/c1-4-22-13-21(3)34-17-27(22)25-14-28(23-7-6-10-40(18-23)31(44)8-11-42-12-9-35-39-42)37-32-26(25)15-29(38-32)33(45)41-19-24-16-36-43(5-2)30(24)20-41;1-4-21(32)19-9-12-31(28-19)13-10-22(33)30-11-5-6-17(15-30)18-8-7-16-14-20(25(34)29(2)3)27-24(16)23(18)26/h7,9,12-17H,4-6,8,10-11,18-20H2,1-3H3,(H,37,38);6-9,12,14,27H,4-5,10-11,13,15H2,1-3H3. The lowest BCUT2D eigenvalue weighted by Crippen LogP contribution is -2.36. The van der Waals surface area contributed by atoms with E-state index in [1.165, 1.54) is 10.5 Å². The lowest BCUT2D eigenvalue weighted by atomic mass is 9.95. The van der Waals surface area contributed by atoms with Crippen molar-refractivity contribution in [1.82, 2.24) is 74.1 Å². The second-order valence-electron chi connectivity index (χ2n) is 20.3. The van der Waals surface area contributed by atoms with E-state index in [1.807, 2.05) is 45.9 Å². The van der Waals surface area contributed by atoms with Crippen molar-refractivity contribution in [3.8, 4) is 11.1 Å². The van der Waals surface area contributed by atoms with Gasteiger partial charge in [-0.25, -0.2) is 9.37 Å². The average molecular weight is 1070 g/mol. The molecule has 4 amide bonds. The number of nitrogens with zero attached hydrogens (tertiary/aromatic N) is 13. The summed E-state index contributed by atoms with van der Waals surface area (Å²) in [6.45, 7) is 12.7. The molecule has 0 spiro atoms. The first-order valence-electron chi connectivity index (χ1n) is 26.9. The van der Waals surface area contributed by atoms with Crippen LogP contribution in [0.1, 0.15) is 118 Å². The minimum Gasteiger partial charge on any atom is -0.348 e. The van der Waals surface area contributed by atoms with Gasteiger partial charge in [0.1, 0.15) is 22.7 Å². The van der Waals surface area contributed by atoms with Crippen LogP contribution in [0.15, 0.2) is 85.6 Å². The summed E-state index contributed by atoms with van der Waals surface area (Å²) in [5.41, 5.74) is 11.4. The zero-order valence-electron chi connectivity index (χ0n) is 45.4. The zero-order valence-corrected chi connectivity index (χ0v) is 45.4. The van der Waals surface area contributed by atoms with Gasteiger partial charge in [0.05, 0.1) is 42.4 Å². The molecule has 0 bridgehead atoms. The number of nitrogens with one attached hydrogen (secondary N) is 2. The first-order valence-corrected chi connectivity index (χ1v) is 26.9. The number of carbonyl (C=O) groups excluding carboxylic acids is 5. The molecule has 408 valence electrons. The molecular formula is C58H64FN15O5. The molecule has 0 radical (unpaired) electrons. The molecule has 2 N–H and O–H groups in total. The van der Waals surface area contributed by atoms with E-state index in [2.05, 4.69) is 67.5 Å². The van der Waals surface area contributed by atoms with Crippen LogP contribution in [0.4, 0.5) is 4.39 Å². The zero-order chi connectivity index (χ0) is 55.5. The lowest BCUT2D eigenvalue weighted by molar-refractivity contribution is -0.131. The van der Waals surface area contributed by atoms with Crippen molar-refractivity contribution in [1.29, 1.82) is 0 Å². The van der Waals surface area contributed by atoms with Crippen LogP contribution in [0.2, 0.25) is 0 Å². The fraction of sp³-hybridized carbons (Fsp3) is 0.362. The second-order valence-corrected chi connectivity index (χ2v) is 20.3. The molecule has 20 nitrogen and oxygen atoms in total. The van der Waals surface area contributed by atoms with Gasteiger partial charge in [0, 0.05) is 131 Å². The van der Waals surface area contributed by atoms with Crippen LogP contribution >= 0.6 is 0 Å². The highest BCUT2D eigenvalue weighted by atomic mass is 19.1. The molecule has 21 heteroatoms. The number of Topliss-reactive ketones (excluding diaryl/α,β-unsaturated/α-hetero) is 1. The minimum absolute atomic E-state index is 0.0323. The molecule has 79 heavy (non-hydrogen) atoms. The summed E-state index contributed by atoms with van der Waals surface area (Å²) in [5.74, 6) is -0.744. The summed E-state index contributed by atoms with van der Waals surface area (Å²) in [6.07, 6.45) is 16.2. The van der Waals surface area contributed by atoms with Gasteiger partial charge in [-0.2, -0.15) is 10.2 Å². The summed E-state index contributed by atoms with van der Waals surface area (Å²) in [5, 5.41) is 18.0. The molecule has 3 aliphatic heterocycles. The third kappa shape index (κ3) is 11.3. The summed E-state index contributed by atoms with van der Waals surface area (Å²) < 4.78 is 20.6. The van der Waals surface area contributed by atoms with Gasteiger partial charge < -0.3 is 29.6 Å². The third-order valence-electron chi connectivity index (χ3n) is 14.8. The average Bonchev–Trinajstić information content (AvgIpc) is 4.42. The van der Waals surface area contributed by atoms with E-state index in [1.54, 1.807) is 78.1 Å². The van der Waals surface area contributed by atoms with Crippen LogP contribution in [0.5, 0.6) is 0 Å². The predicted octanol–water partition coefficient (Wildman–Crippen LogP) is 7.67. The molecular weight excluding hydrogens is 1010 g/mol. The third-order valence-corrected chi connectivity index (χ3v) is 14.8. The molecule has 0 unspecified atom stereocenters. The Hall–Kier alpha value is -8.88. The van der Waals surface area contributed by atoms with E-state index >= 15 is 4.39 Å². The maximum absolute atomic E-state index is 15.4. The van der Waals surface area contributed by atoms with Gasteiger partial charge in [0.15, 0.2) is 11.6 Å². The van der Waals surface area contributed by atoms with Gasteiger partial charge in [-0.1, -0.05) is 43.3 Å². The highest BCUT2D eigenvalue weighted by Gasteiger charge is 2.30. The van der Waals surface area contributed by atoms with Crippen LogP contribution in [0.25, 0.3) is 44.2 Å². The van der Waals surface area contributed by atoms with E-state index in [9.17, 15) is 24.0 Å². The molecule has 3 aliphatic rings. The number of aryl methyl sites for hydroxylation is 5. The molecule has 1 aromatic carbocycles. The predicted molar refractivity (Wildman–Crippen MR) is 296 cm³/mol. The number of benzene rings is 1. The topological polar surface area (TPSA) is 222 Å². The summed E-state index contributed by atoms with van der Waals surface area (Å²) in [6, 6.07) is 12.9. The SMILES string of the molecule is CCC(=O)c1ccn(CCC(=O)N2CCC=C(c3ccc4cc(C(=O)N(C)C)[nH]c4c3F)C2)n1.CCc1cc(C)ncc1-c1cc(C2=CCCN(C(=O)CCn3ccnn3)C2)nc2[nH]c(C(=O)N3Cc4cnn(CC)c4C3)cc12. The number of hydrogen-bond donors (Lipinski definition) is 2. The Bertz CT molecular complexity index is 3690. The van der Waals surface area contributed by atoms with Crippen LogP contribution in [-0.2, 0) is 48.7 Å². The molecule has 10 heterocycles. The number of ketones is 1. The van der Waals surface area contributed by atoms with E-state index in [0.29, 0.717) is 105 Å². The maximum atomic E-state index is 15.4. The highest BCUT2D eigenvalue weighted by molar-refractivity contribution is 6.03. The van der Waals surface area contributed by atoms with E-state index < -0.39 is 5.82 Å². The monoisotopic (exact) mass is 1070 g/mol. The molecule has 0 fully saturated rings. The number of aromatic amines is 2. The van der Waals surface area contributed by atoms with Crippen LogP contribution in [0, 0.1) is 12.7 Å². The number of pyridine rings is 2. The molecule has 11 rings (SSSR count). The van der Waals surface area contributed by atoms with Crippen molar-refractivity contribution in [2.75, 3.05) is 40.3 Å². The fourth-order valence-corrected chi connectivity index (χ4v) is 10.5.